The molecule has 2 heteroatoms. The van der Waals surface area contributed by atoms with E-state index in [4.69, 9.17) is 0 Å². The lowest BCUT2D eigenvalue weighted by Gasteiger charge is -2.33. The summed E-state index contributed by atoms with van der Waals surface area (Å²) in [6, 6.07) is 0.801. The Hall–Kier alpha value is -0.0800. The van der Waals surface area contributed by atoms with Gasteiger partial charge < -0.3 is 5.32 Å². The van der Waals surface area contributed by atoms with Crippen LogP contribution in [0.2, 0.25) is 0 Å². The van der Waals surface area contributed by atoms with Gasteiger partial charge in [0.25, 0.3) is 0 Å². The maximum Gasteiger partial charge on any atom is 0.0110 e. The van der Waals surface area contributed by atoms with Gasteiger partial charge >= 0.3 is 0 Å². The minimum Gasteiger partial charge on any atom is -0.315 e. The van der Waals surface area contributed by atoms with Crippen molar-refractivity contribution < 1.29 is 0 Å². The van der Waals surface area contributed by atoms with Gasteiger partial charge in [-0.2, -0.15) is 0 Å². The third-order valence-electron chi connectivity index (χ3n) is 3.17. The first-order valence-corrected chi connectivity index (χ1v) is 6.44. The normalized spacial score (nSPS) is 24.4. The second-order valence-corrected chi connectivity index (χ2v) is 6.12. The van der Waals surface area contributed by atoms with Gasteiger partial charge in [0, 0.05) is 25.7 Å². The van der Waals surface area contributed by atoms with Crippen LogP contribution in [0.5, 0.6) is 0 Å². The van der Waals surface area contributed by atoms with Crippen molar-refractivity contribution in [2.45, 2.75) is 53.0 Å². The molecule has 1 fully saturated rings. The Bertz CT molecular complexity index is 172. The molecule has 1 unspecified atom stereocenters. The van der Waals surface area contributed by atoms with Gasteiger partial charge in [-0.25, -0.2) is 0 Å². The van der Waals surface area contributed by atoms with Crippen molar-refractivity contribution in [1.82, 2.24) is 10.2 Å². The van der Waals surface area contributed by atoms with E-state index in [-0.39, 0.29) is 0 Å². The van der Waals surface area contributed by atoms with Gasteiger partial charge in [-0.3, -0.25) is 4.90 Å². The van der Waals surface area contributed by atoms with Crippen molar-refractivity contribution in [2.24, 2.45) is 5.41 Å². The first-order chi connectivity index (χ1) is 6.99. The van der Waals surface area contributed by atoms with Crippen molar-refractivity contribution in [3.05, 3.63) is 0 Å². The fourth-order valence-electron chi connectivity index (χ4n) is 2.18. The Morgan fingerprint density at radius 2 is 2.00 bits per heavy atom. The largest absolute Gasteiger partial charge is 0.315 e. The molecule has 0 spiro atoms. The fraction of sp³-hybridized carbons (Fsp3) is 1.00. The molecule has 1 N–H and O–H groups in total. The van der Waals surface area contributed by atoms with Gasteiger partial charge in [-0.1, -0.05) is 27.2 Å². The first-order valence-electron chi connectivity index (χ1n) is 6.44. The molecule has 0 aromatic heterocycles. The third kappa shape index (κ3) is 5.53. The lowest BCUT2D eigenvalue weighted by atomic mass is 9.97. The predicted molar refractivity (Wildman–Crippen MR) is 67.2 cm³/mol. The van der Waals surface area contributed by atoms with Crippen LogP contribution in [-0.2, 0) is 0 Å². The number of hydrogen-bond donors (Lipinski definition) is 1. The maximum atomic E-state index is 3.55. The number of likely N-dealkylation sites (tertiary alicyclic amines) is 1. The van der Waals surface area contributed by atoms with E-state index in [9.17, 15) is 0 Å². The predicted octanol–water partition coefficient (Wildman–Crippen LogP) is 2.50. The van der Waals surface area contributed by atoms with Crippen molar-refractivity contribution >= 4 is 0 Å². The van der Waals surface area contributed by atoms with E-state index in [1.54, 1.807) is 0 Å². The summed E-state index contributed by atoms with van der Waals surface area (Å²) < 4.78 is 0. The molecule has 90 valence electrons. The Kier molecular flexibility index (Phi) is 5.07. The summed E-state index contributed by atoms with van der Waals surface area (Å²) in [4.78, 5) is 2.62. The monoisotopic (exact) mass is 212 g/mol. The average Bonchev–Trinajstić information content (AvgIpc) is 2.13. The summed E-state index contributed by atoms with van der Waals surface area (Å²) in [5.74, 6) is 0. The highest BCUT2D eigenvalue weighted by atomic mass is 15.2. The van der Waals surface area contributed by atoms with Gasteiger partial charge in [0.05, 0.1) is 0 Å². The quantitative estimate of drug-likeness (QED) is 0.720. The van der Waals surface area contributed by atoms with E-state index in [1.165, 1.54) is 32.4 Å². The van der Waals surface area contributed by atoms with Crippen LogP contribution in [0.4, 0.5) is 0 Å². The van der Waals surface area contributed by atoms with Crippen molar-refractivity contribution in [3.8, 4) is 0 Å². The molecule has 1 atom stereocenters. The highest BCUT2D eigenvalue weighted by Gasteiger charge is 2.17. The molecule has 2 nitrogen and oxygen atoms in total. The van der Waals surface area contributed by atoms with Crippen LogP contribution in [0.3, 0.4) is 0 Å². The highest BCUT2D eigenvalue weighted by Crippen LogP contribution is 2.15. The van der Waals surface area contributed by atoms with Gasteiger partial charge in [0.2, 0.25) is 0 Å². The summed E-state index contributed by atoms with van der Waals surface area (Å²) in [5, 5.41) is 3.55. The van der Waals surface area contributed by atoms with Crippen molar-refractivity contribution in [1.29, 1.82) is 0 Å². The molecule has 0 aromatic rings. The summed E-state index contributed by atoms with van der Waals surface area (Å²) in [6.45, 7) is 14.0. The topological polar surface area (TPSA) is 15.3 Å². The van der Waals surface area contributed by atoms with E-state index in [1.807, 2.05) is 0 Å². The minimum absolute atomic E-state index is 0.410. The highest BCUT2D eigenvalue weighted by molar-refractivity contribution is 4.74. The summed E-state index contributed by atoms with van der Waals surface area (Å²) in [7, 11) is 0. The van der Waals surface area contributed by atoms with Crippen LogP contribution in [0.15, 0.2) is 0 Å². The molecule has 1 heterocycles. The Labute approximate surface area is 95.4 Å². The molecule has 1 aliphatic rings. The average molecular weight is 212 g/mol. The molecule has 15 heavy (non-hydrogen) atoms. The molecular formula is C13H28N2. The summed E-state index contributed by atoms with van der Waals surface area (Å²) in [6.07, 6.45) is 4.20. The molecule has 1 rings (SSSR count). The Morgan fingerprint density at radius 1 is 1.27 bits per heavy atom. The zero-order chi connectivity index (χ0) is 11.3. The molecule has 0 aliphatic carbocycles. The smallest absolute Gasteiger partial charge is 0.0110 e. The van der Waals surface area contributed by atoms with Crippen LogP contribution in [-0.4, -0.2) is 37.1 Å². The van der Waals surface area contributed by atoms with Crippen LogP contribution in [0.1, 0.15) is 47.0 Å². The second kappa shape index (κ2) is 5.86. The number of piperidine rings is 1. The number of nitrogens with zero attached hydrogens (tertiary/aromatic N) is 1. The van der Waals surface area contributed by atoms with Crippen LogP contribution in [0, 0.1) is 5.41 Å². The zero-order valence-corrected chi connectivity index (χ0v) is 11.0. The molecule has 0 saturated carbocycles. The van der Waals surface area contributed by atoms with Gasteiger partial charge in [0.1, 0.15) is 0 Å². The number of nitrogens with one attached hydrogen (secondary N) is 1. The van der Waals surface area contributed by atoms with Gasteiger partial charge in [0.15, 0.2) is 0 Å². The SMILES string of the molecule is CC1CCCCN1CCNCC(C)(C)C. The summed E-state index contributed by atoms with van der Waals surface area (Å²) in [5.41, 5.74) is 0.410. The third-order valence-corrected chi connectivity index (χ3v) is 3.17. The van der Waals surface area contributed by atoms with E-state index in [2.05, 4.69) is 37.9 Å². The summed E-state index contributed by atoms with van der Waals surface area (Å²) >= 11 is 0. The molecule has 0 aromatic carbocycles. The molecule has 0 bridgehead atoms. The Morgan fingerprint density at radius 3 is 2.60 bits per heavy atom. The molecule has 1 saturated heterocycles. The van der Waals surface area contributed by atoms with Crippen molar-refractivity contribution in [2.75, 3.05) is 26.2 Å². The lowest BCUT2D eigenvalue weighted by Crippen LogP contribution is -2.42. The first kappa shape index (κ1) is 13.0. The Balaban J connectivity index is 2.08. The van der Waals surface area contributed by atoms with Crippen molar-refractivity contribution in [3.63, 3.8) is 0 Å². The van der Waals surface area contributed by atoms with E-state index >= 15 is 0 Å². The molecule has 0 amide bonds. The van der Waals surface area contributed by atoms with E-state index < -0.39 is 0 Å². The number of rotatable bonds is 4. The van der Waals surface area contributed by atoms with E-state index in [0.29, 0.717) is 5.41 Å². The standard InChI is InChI=1S/C13H28N2/c1-12-7-5-6-9-15(12)10-8-14-11-13(2,3)4/h12,14H,5-11H2,1-4H3. The minimum atomic E-state index is 0.410. The van der Waals surface area contributed by atoms with Crippen LogP contribution >= 0.6 is 0 Å². The lowest BCUT2D eigenvalue weighted by molar-refractivity contribution is 0.160. The van der Waals surface area contributed by atoms with Gasteiger partial charge in [-0.05, 0) is 31.7 Å². The zero-order valence-electron chi connectivity index (χ0n) is 11.0. The fourth-order valence-corrected chi connectivity index (χ4v) is 2.18. The molecule has 0 radical (unpaired) electrons. The molecule has 1 aliphatic heterocycles. The van der Waals surface area contributed by atoms with Crippen LogP contribution < -0.4 is 5.32 Å². The number of hydrogen-bond acceptors (Lipinski definition) is 2. The van der Waals surface area contributed by atoms with E-state index in [0.717, 1.165) is 19.1 Å². The van der Waals surface area contributed by atoms with Crippen LogP contribution in [0.25, 0.3) is 0 Å². The van der Waals surface area contributed by atoms with Gasteiger partial charge in [-0.15, -0.1) is 0 Å². The molecular weight excluding hydrogens is 184 g/mol. The maximum absolute atomic E-state index is 3.55. The second-order valence-electron chi connectivity index (χ2n) is 6.12.